The highest BCUT2D eigenvalue weighted by atomic mass is 16.5. The lowest BCUT2D eigenvalue weighted by molar-refractivity contribution is -0.142. The van der Waals surface area contributed by atoms with E-state index in [0.29, 0.717) is 12.8 Å². The SMILES string of the molecule is CC(NC(=O)OCC1c2ccccc2-c2ccccc21)C(C)C(=O)N[C@H]1C=CC[C@H](C(=O)O)C1. The summed E-state index contributed by atoms with van der Waals surface area (Å²) in [6.07, 6.45) is 3.87. The topological polar surface area (TPSA) is 105 Å². The molecule has 2 aliphatic rings. The largest absolute Gasteiger partial charge is 0.481 e. The van der Waals surface area contributed by atoms with Gasteiger partial charge in [-0.2, -0.15) is 0 Å². The highest BCUT2D eigenvalue weighted by Crippen LogP contribution is 2.44. The zero-order chi connectivity index (χ0) is 24.2. The first kappa shape index (κ1) is 23.5. The number of carbonyl (C=O) groups excluding carboxylic acids is 2. The monoisotopic (exact) mass is 462 g/mol. The third-order valence-electron chi connectivity index (χ3n) is 6.86. The van der Waals surface area contributed by atoms with Gasteiger partial charge in [0.05, 0.1) is 11.8 Å². The van der Waals surface area contributed by atoms with Crippen LogP contribution in [0.5, 0.6) is 0 Å². The average molecular weight is 463 g/mol. The maximum Gasteiger partial charge on any atom is 0.407 e. The number of fused-ring (bicyclic) bond motifs is 3. The van der Waals surface area contributed by atoms with Crippen LogP contribution in [0.15, 0.2) is 60.7 Å². The number of ether oxygens (including phenoxy) is 1. The predicted molar refractivity (Wildman–Crippen MR) is 128 cm³/mol. The second-order valence-electron chi connectivity index (χ2n) is 9.10. The summed E-state index contributed by atoms with van der Waals surface area (Å²) >= 11 is 0. The van der Waals surface area contributed by atoms with Crippen molar-refractivity contribution in [3.05, 3.63) is 71.8 Å². The third kappa shape index (κ3) is 4.98. The lowest BCUT2D eigenvalue weighted by Gasteiger charge is -2.26. The molecule has 4 rings (SSSR count). The van der Waals surface area contributed by atoms with Gasteiger partial charge in [-0.05, 0) is 42.0 Å². The molecule has 0 aliphatic heterocycles. The fraction of sp³-hybridized carbons (Fsp3) is 0.370. The number of nitrogens with one attached hydrogen (secondary N) is 2. The highest BCUT2D eigenvalue weighted by molar-refractivity contribution is 5.81. The van der Waals surface area contributed by atoms with Crippen molar-refractivity contribution in [2.75, 3.05) is 6.61 Å². The minimum atomic E-state index is -0.859. The zero-order valence-corrected chi connectivity index (χ0v) is 19.4. The molecule has 3 N–H and O–H groups in total. The van der Waals surface area contributed by atoms with Gasteiger partial charge in [-0.15, -0.1) is 0 Å². The Kier molecular flexibility index (Phi) is 7.01. The summed E-state index contributed by atoms with van der Waals surface area (Å²) in [5.74, 6) is -2.15. The molecule has 0 radical (unpaired) electrons. The number of rotatable bonds is 7. The fourth-order valence-electron chi connectivity index (χ4n) is 4.69. The molecule has 0 spiro atoms. The first-order chi connectivity index (χ1) is 16.3. The van der Waals surface area contributed by atoms with Crippen LogP contribution < -0.4 is 10.6 Å². The molecule has 2 unspecified atom stereocenters. The summed E-state index contributed by atoms with van der Waals surface area (Å²) in [5.41, 5.74) is 4.59. The van der Waals surface area contributed by atoms with Crippen LogP contribution in [0.4, 0.5) is 4.79 Å². The molecule has 0 bridgehead atoms. The number of hydrogen-bond donors (Lipinski definition) is 3. The Balaban J connectivity index is 1.30. The maximum absolute atomic E-state index is 12.7. The highest BCUT2D eigenvalue weighted by Gasteiger charge is 2.30. The normalized spacial score (nSPS) is 20.5. The van der Waals surface area contributed by atoms with Crippen LogP contribution in [0.2, 0.25) is 0 Å². The predicted octanol–water partition coefficient (Wildman–Crippen LogP) is 4.09. The lowest BCUT2D eigenvalue weighted by atomic mass is 9.90. The number of allylic oxidation sites excluding steroid dienone is 1. The maximum atomic E-state index is 12.7. The van der Waals surface area contributed by atoms with E-state index in [0.717, 1.165) is 22.3 Å². The number of carboxylic acids is 1. The Labute approximate surface area is 199 Å². The van der Waals surface area contributed by atoms with Gasteiger partial charge >= 0.3 is 12.1 Å². The molecule has 178 valence electrons. The Hall–Kier alpha value is -3.61. The lowest BCUT2D eigenvalue weighted by Crippen LogP contribution is -2.47. The van der Waals surface area contributed by atoms with Gasteiger partial charge < -0.3 is 20.5 Å². The standard InChI is InChI=1S/C27H30N2O5/c1-16(25(30)29-19-9-7-8-18(14-19)26(31)32)17(2)28-27(33)34-15-24-22-12-5-3-10-20(22)21-11-4-6-13-23(21)24/h3-7,9-13,16-19,24H,8,14-15H2,1-2H3,(H,28,33)(H,29,30)(H,31,32)/t16?,17?,18-,19-/m0/s1. The van der Waals surface area contributed by atoms with Crippen molar-refractivity contribution in [1.82, 2.24) is 10.6 Å². The summed E-state index contributed by atoms with van der Waals surface area (Å²) in [4.78, 5) is 36.4. The molecule has 0 saturated heterocycles. The second-order valence-corrected chi connectivity index (χ2v) is 9.10. The number of benzene rings is 2. The third-order valence-corrected chi connectivity index (χ3v) is 6.86. The van der Waals surface area contributed by atoms with Gasteiger partial charge in [0.1, 0.15) is 6.61 Å². The molecule has 4 atom stereocenters. The Morgan fingerprint density at radius 2 is 1.65 bits per heavy atom. The van der Waals surface area contributed by atoms with Gasteiger partial charge in [-0.3, -0.25) is 9.59 Å². The van der Waals surface area contributed by atoms with Crippen molar-refractivity contribution in [2.24, 2.45) is 11.8 Å². The number of carboxylic acid groups (broad SMARTS) is 1. The minimum absolute atomic E-state index is 0.0329. The van der Waals surface area contributed by atoms with Gasteiger partial charge in [-0.1, -0.05) is 67.6 Å². The summed E-state index contributed by atoms with van der Waals surface area (Å²) in [6.45, 7) is 3.68. The zero-order valence-electron chi connectivity index (χ0n) is 19.4. The van der Waals surface area contributed by atoms with Gasteiger partial charge in [0, 0.05) is 18.0 Å². The number of hydrogen-bond acceptors (Lipinski definition) is 4. The molecule has 7 nitrogen and oxygen atoms in total. The van der Waals surface area contributed by atoms with Crippen LogP contribution in [-0.2, 0) is 14.3 Å². The molecule has 2 aromatic rings. The van der Waals surface area contributed by atoms with E-state index in [1.54, 1.807) is 19.9 Å². The number of amides is 2. The Morgan fingerprint density at radius 1 is 1.03 bits per heavy atom. The van der Waals surface area contributed by atoms with Crippen molar-refractivity contribution in [1.29, 1.82) is 0 Å². The van der Waals surface area contributed by atoms with Crippen LogP contribution >= 0.6 is 0 Å². The van der Waals surface area contributed by atoms with E-state index in [-0.39, 0.29) is 24.5 Å². The van der Waals surface area contributed by atoms with Crippen LogP contribution in [-0.4, -0.2) is 41.8 Å². The molecule has 34 heavy (non-hydrogen) atoms. The Morgan fingerprint density at radius 3 is 2.26 bits per heavy atom. The first-order valence-electron chi connectivity index (χ1n) is 11.7. The molecule has 2 amide bonds. The quantitative estimate of drug-likeness (QED) is 0.538. The van der Waals surface area contributed by atoms with E-state index in [1.165, 1.54) is 0 Å². The Bertz CT molecular complexity index is 1070. The summed E-state index contributed by atoms with van der Waals surface area (Å²) < 4.78 is 5.57. The van der Waals surface area contributed by atoms with Crippen LogP contribution in [0.1, 0.15) is 43.7 Å². The van der Waals surface area contributed by atoms with E-state index < -0.39 is 29.9 Å². The van der Waals surface area contributed by atoms with Crippen LogP contribution in [0.25, 0.3) is 11.1 Å². The molecular weight excluding hydrogens is 432 g/mol. The van der Waals surface area contributed by atoms with Crippen molar-refractivity contribution < 1.29 is 24.2 Å². The van der Waals surface area contributed by atoms with Crippen LogP contribution in [0.3, 0.4) is 0 Å². The molecule has 7 heteroatoms. The second kappa shape index (κ2) is 10.1. The van der Waals surface area contributed by atoms with E-state index in [9.17, 15) is 19.5 Å². The van der Waals surface area contributed by atoms with Crippen LogP contribution in [0, 0.1) is 11.8 Å². The van der Waals surface area contributed by atoms with E-state index in [2.05, 4.69) is 34.9 Å². The molecule has 0 fully saturated rings. The molecular formula is C27H30N2O5. The van der Waals surface area contributed by atoms with Crippen molar-refractivity contribution in [2.45, 2.75) is 44.7 Å². The smallest absolute Gasteiger partial charge is 0.407 e. The molecule has 0 saturated carbocycles. The average Bonchev–Trinajstić information content (AvgIpc) is 3.16. The molecule has 2 aromatic carbocycles. The van der Waals surface area contributed by atoms with Crippen molar-refractivity contribution >= 4 is 18.0 Å². The number of carbonyl (C=O) groups is 3. The van der Waals surface area contributed by atoms with Gasteiger partial charge in [-0.25, -0.2) is 4.79 Å². The molecule has 0 aromatic heterocycles. The van der Waals surface area contributed by atoms with E-state index in [4.69, 9.17) is 4.74 Å². The summed E-state index contributed by atoms with van der Waals surface area (Å²) in [5, 5.41) is 14.9. The summed E-state index contributed by atoms with van der Waals surface area (Å²) in [7, 11) is 0. The van der Waals surface area contributed by atoms with E-state index in [1.807, 2.05) is 30.3 Å². The van der Waals surface area contributed by atoms with Gasteiger partial charge in [0.15, 0.2) is 0 Å². The van der Waals surface area contributed by atoms with E-state index >= 15 is 0 Å². The van der Waals surface area contributed by atoms with Crippen molar-refractivity contribution in [3.63, 3.8) is 0 Å². The molecule has 0 heterocycles. The summed E-state index contributed by atoms with van der Waals surface area (Å²) in [6, 6.07) is 15.5. The fourth-order valence-corrected chi connectivity index (χ4v) is 4.69. The van der Waals surface area contributed by atoms with Gasteiger partial charge in [0.25, 0.3) is 0 Å². The van der Waals surface area contributed by atoms with Crippen molar-refractivity contribution in [3.8, 4) is 11.1 Å². The number of alkyl carbamates (subject to hydrolysis) is 1. The first-order valence-corrected chi connectivity index (χ1v) is 11.7. The molecule has 2 aliphatic carbocycles. The minimum Gasteiger partial charge on any atom is -0.481 e. The number of aliphatic carboxylic acids is 1. The van der Waals surface area contributed by atoms with Gasteiger partial charge in [0.2, 0.25) is 5.91 Å².